The number of likely N-dealkylation sites (N-methyl/N-ethyl adjacent to an activating group) is 2. The molecule has 0 saturated carbocycles. The molecule has 1 aliphatic rings. The van der Waals surface area contributed by atoms with E-state index in [0.29, 0.717) is 201 Å². The number of halogens is 2. The summed E-state index contributed by atoms with van der Waals surface area (Å²) in [5, 5.41) is 12.8. The Bertz CT molecular complexity index is 2220. The molecule has 0 unspecified atom stereocenters. The largest absolute Gasteiger partial charge is 0.378 e. The van der Waals surface area contributed by atoms with E-state index in [1.807, 2.05) is 28.9 Å². The van der Waals surface area contributed by atoms with E-state index in [9.17, 15) is 19.2 Å². The Hall–Kier alpha value is -3.55. The highest BCUT2D eigenvalue weighted by atomic mass is 35.5. The molecular formula is C61H108Cl2N12O16S. The molecule has 528 valence electrons. The molecule has 0 saturated heterocycles. The van der Waals surface area contributed by atoms with Crippen molar-refractivity contribution in [1.82, 2.24) is 45.6 Å². The maximum Gasteiger partial charge on any atom is 0.235 e. The van der Waals surface area contributed by atoms with Gasteiger partial charge in [-0.3, -0.25) is 38.6 Å². The van der Waals surface area contributed by atoms with Gasteiger partial charge in [0.15, 0.2) is 0 Å². The van der Waals surface area contributed by atoms with Crippen LogP contribution in [0.3, 0.4) is 0 Å². The molecule has 3 rings (SSSR count). The molecule has 28 nitrogen and oxygen atoms in total. The minimum atomic E-state index is -0.371. The lowest BCUT2D eigenvalue weighted by Crippen LogP contribution is -2.49. The Morgan fingerprint density at radius 3 is 1.36 bits per heavy atom. The smallest absolute Gasteiger partial charge is 0.235 e. The van der Waals surface area contributed by atoms with Crippen LogP contribution >= 0.6 is 35.1 Å². The van der Waals surface area contributed by atoms with E-state index in [-0.39, 0.29) is 102 Å². The van der Waals surface area contributed by atoms with Crippen LogP contribution in [0.2, 0.25) is 10.0 Å². The highest BCUT2D eigenvalue weighted by Crippen LogP contribution is 2.39. The molecule has 11 N–H and O–H groups in total. The van der Waals surface area contributed by atoms with Crippen LogP contribution in [-0.4, -0.2) is 320 Å². The number of carbonyl (C=O) groups is 4. The first-order valence-corrected chi connectivity index (χ1v) is 33.5. The second-order valence-corrected chi connectivity index (χ2v) is 22.7. The zero-order valence-corrected chi connectivity index (χ0v) is 56.8. The highest BCUT2D eigenvalue weighted by molar-refractivity contribution is 7.97. The van der Waals surface area contributed by atoms with E-state index in [0.717, 1.165) is 23.5 Å². The van der Waals surface area contributed by atoms with E-state index in [2.05, 4.69) is 62.2 Å². The summed E-state index contributed by atoms with van der Waals surface area (Å²) in [7, 11) is 2.10. The van der Waals surface area contributed by atoms with Crippen LogP contribution in [0.25, 0.3) is 0 Å². The van der Waals surface area contributed by atoms with E-state index < -0.39 is 0 Å². The van der Waals surface area contributed by atoms with Crippen LogP contribution in [0.4, 0.5) is 0 Å². The predicted molar refractivity (Wildman–Crippen MR) is 354 cm³/mol. The standard InChI is InChI=1S/C61H108Cl2N12O16S/c1-3-73(46-58(76)67-10-21-83-28-35-87-32-25-80-18-7-64)14-15-74(47-59(77)68-11-22-84-29-36-88-33-26-81-19-8-65)16-17-75(49-61(79)70-50-91-40-39-90-34-27-82-20-9-66)48-60(78)69-12-23-85-30-37-89-38-31-86-24-13-71-92-53-6-4-5-51(41-53)55-44-72(2)45-56-54(55)42-52(62)43-57(56)63/h4-6,41-43,55,71H,3,7-40,44-50,64-66H2,1-2H3,(H,67,76)(H,68,77)(H,69,78)(H,70,79)/t55-/m0/s1. The molecule has 2 aromatic rings. The summed E-state index contributed by atoms with van der Waals surface area (Å²) < 4.78 is 69.8. The Balaban J connectivity index is 1.45. The number of fused-ring (bicyclic) bond motifs is 1. The predicted octanol–water partition coefficient (Wildman–Crippen LogP) is -0.409. The second-order valence-electron chi connectivity index (χ2n) is 20.9. The molecular weight excluding hydrogens is 1260 g/mol. The molecule has 0 radical (unpaired) electrons. The van der Waals surface area contributed by atoms with Gasteiger partial charge in [-0.1, -0.05) is 42.3 Å². The third kappa shape index (κ3) is 42.8. The summed E-state index contributed by atoms with van der Waals surface area (Å²) in [6.07, 6.45) is 0. The van der Waals surface area contributed by atoms with Crippen molar-refractivity contribution in [3.05, 3.63) is 63.1 Å². The first-order valence-electron chi connectivity index (χ1n) is 31.9. The third-order valence-electron chi connectivity index (χ3n) is 13.5. The van der Waals surface area contributed by atoms with Gasteiger partial charge in [0.25, 0.3) is 0 Å². The number of nitrogens with one attached hydrogen (secondary N) is 5. The number of benzene rings is 2. The second kappa shape index (κ2) is 56.6. The van der Waals surface area contributed by atoms with Crippen LogP contribution in [0.1, 0.15) is 29.5 Å². The van der Waals surface area contributed by atoms with Crippen LogP contribution < -0.4 is 43.2 Å². The number of hydrogen-bond donors (Lipinski definition) is 8. The number of nitrogens with two attached hydrogens (primary N) is 3. The van der Waals surface area contributed by atoms with Gasteiger partial charge in [0, 0.05) is 106 Å². The summed E-state index contributed by atoms with van der Waals surface area (Å²) in [6, 6.07) is 12.4. The fourth-order valence-corrected chi connectivity index (χ4v) is 10.2. The number of carbonyl (C=O) groups excluding carboxylic acids is 4. The zero-order chi connectivity index (χ0) is 66.3. The van der Waals surface area contributed by atoms with Gasteiger partial charge >= 0.3 is 0 Å². The molecule has 1 atom stereocenters. The van der Waals surface area contributed by atoms with Crippen molar-refractivity contribution in [3.63, 3.8) is 0 Å². The maximum atomic E-state index is 13.4. The minimum Gasteiger partial charge on any atom is -0.378 e. The van der Waals surface area contributed by atoms with Crippen LogP contribution in [-0.2, 0) is 82.6 Å². The SMILES string of the molecule is CCN(CCN(CCN(CC(=O)NCCOCCOCCOCCNSc1cccc([C@@H]2CN(C)Cc3c(Cl)cc(Cl)cc32)c1)CC(=O)NCOCCOCCOCCN)CC(=O)NCCOCCOCCOCCN)CC(=O)NCCOCCOCCOCCN. The van der Waals surface area contributed by atoms with Crippen molar-refractivity contribution >= 4 is 58.8 Å². The summed E-state index contributed by atoms with van der Waals surface area (Å²) in [5.41, 5.74) is 19.8. The number of hydrogen-bond acceptors (Lipinski definition) is 25. The van der Waals surface area contributed by atoms with E-state index in [1.165, 1.54) is 11.1 Å². The Kier molecular flexibility index (Phi) is 50.9. The van der Waals surface area contributed by atoms with Crippen LogP contribution in [0.5, 0.6) is 0 Å². The summed E-state index contributed by atoms with van der Waals surface area (Å²) in [5.74, 6) is -0.953. The molecule has 1 aliphatic heterocycles. The van der Waals surface area contributed by atoms with Crippen molar-refractivity contribution in [2.45, 2.75) is 24.3 Å². The number of ether oxygens (including phenoxy) is 12. The fraction of sp³-hybridized carbons (Fsp3) is 0.738. The molecule has 0 spiro atoms. The summed E-state index contributed by atoms with van der Waals surface area (Å²) in [6.45, 7) is 17.0. The molecule has 1 heterocycles. The molecule has 2 aromatic carbocycles. The van der Waals surface area contributed by atoms with Crippen molar-refractivity contribution < 1.29 is 76.0 Å². The van der Waals surface area contributed by atoms with Gasteiger partial charge in [0.1, 0.15) is 6.73 Å². The lowest BCUT2D eigenvalue weighted by molar-refractivity contribution is -0.127. The Morgan fingerprint density at radius 1 is 0.500 bits per heavy atom. The van der Waals surface area contributed by atoms with Gasteiger partial charge < -0.3 is 100 Å². The molecule has 0 bridgehead atoms. The van der Waals surface area contributed by atoms with Crippen molar-refractivity contribution in [3.8, 4) is 0 Å². The average molecular weight is 1370 g/mol. The van der Waals surface area contributed by atoms with Crippen LogP contribution in [0.15, 0.2) is 41.3 Å². The molecule has 0 aromatic heterocycles. The van der Waals surface area contributed by atoms with Gasteiger partial charge in [-0.15, -0.1) is 0 Å². The van der Waals surface area contributed by atoms with E-state index in [4.69, 9.17) is 97.2 Å². The quantitative estimate of drug-likeness (QED) is 0.0237. The lowest BCUT2D eigenvalue weighted by Gasteiger charge is -2.33. The summed E-state index contributed by atoms with van der Waals surface area (Å²) in [4.78, 5) is 62.1. The van der Waals surface area contributed by atoms with E-state index >= 15 is 0 Å². The molecule has 0 aliphatic carbocycles. The first-order chi connectivity index (χ1) is 45.0. The topological polar surface area (TPSA) is 330 Å². The molecule has 92 heavy (non-hydrogen) atoms. The lowest BCUT2D eigenvalue weighted by atomic mass is 9.85. The van der Waals surface area contributed by atoms with Crippen molar-refractivity contribution in [2.24, 2.45) is 17.2 Å². The molecule has 4 amide bonds. The number of nitrogens with zero attached hydrogens (tertiary/aromatic N) is 4. The average Bonchev–Trinajstić information content (AvgIpc) is 0.830. The van der Waals surface area contributed by atoms with Gasteiger partial charge in [0.05, 0.1) is 178 Å². The van der Waals surface area contributed by atoms with Crippen LogP contribution in [0, 0.1) is 0 Å². The molecule has 31 heteroatoms. The van der Waals surface area contributed by atoms with E-state index in [1.54, 1.807) is 16.8 Å². The van der Waals surface area contributed by atoms with Gasteiger partial charge in [-0.2, -0.15) is 0 Å². The number of amides is 4. The van der Waals surface area contributed by atoms with Gasteiger partial charge in [0.2, 0.25) is 23.6 Å². The normalized spacial score (nSPS) is 13.3. The zero-order valence-electron chi connectivity index (χ0n) is 54.5. The third-order valence-corrected chi connectivity index (χ3v) is 14.9. The van der Waals surface area contributed by atoms with Crippen molar-refractivity contribution in [2.75, 3.05) is 277 Å². The van der Waals surface area contributed by atoms with Gasteiger partial charge in [-0.05, 0) is 66.5 Å². The maximum absolute atomic E-state index is 13.4. The van der Waals surface area contributed by atoms with Crippen molar-refractivity contribution in [1.29, 1.82) is 0 Å². The monoisotopic (exact) mass is 1370 g/mol. The molecule has 0 fully saturated rings. The number of rotatable bonds is 62. The summed E-state index contributed by atoms with van der Waals surface area (Å²) >= 11 is 14.6. The first kappa shape index (κ1) is 82.7. The Morgan fingerprint density at radius 2 is 0.891 bits per heavy atom. The fourth-order valence-electron chi connectivity index (χ4n) is 8.92. The minimum absolute atomic E-state index is 0.00374. The highest BCUT2D eigenvalue weighted by Gasteiger charge is 2.27. The Labute approximate surface area is 559 Å². The van der Waals surface area contributed by atoms with Gasteiger partial charge in [-0.25, -0.2) is 0 Å².